The second kappa shape index (κ2) is 5.03. The molecule has 0 saturated heterocycles. The monoisotopic (exact) mass is 253 g/mol. The van der Waals surface area contributed by atoms with Crippen molar-refractivity contribution in [2.75, 3.05) is 5.32 Å². The molecule has 0 radical (unpaired) electrons. The Morgan fingerprint density at radius 1 is 1.00 bits per heavy atom. The molecule has 1 aromatic carbocycles. The Bertz CT molecular complexity index is 511. The van der Waals surface area contributed by atoms with Crippen molar-refractivity contribution in [3.05, 3.63) is 53.9 Å². The van der Waals surface area contributed by atoms with Gasteiger partial charge in [0, 0.05) is 18.9 Å². The van der Waals surface area contributed by atoms with Gasteiger partial charge in [0.25, 0.3) is 0 Å². The van der Waals surface area contributed by atoms with E-state index in [2.05, 4.69) is 15.3 Å². The number of alkyl halides is 3. The maximum absolute atomic E-state index is 12.7. The fraction of sp³-hybridized carbons (Fsp3) is 0.167. The highest BCUT2D eigenvalue weighted by Gasteiger charge is 2.32. The molecule has 0 aliphatic rings. The van der Waals surface area contributed by atoms with Crippen LogP contribution in [0.4, 0.5) is 19.1 Å². The molecule has 0 unspecified atom stereocenters. The van der Waals surface area contributed by atoms with E-state index in [1.54, 1.807) is 12.1 Å². The number of nitrogens with one attached hydrogen (secondary N) is 1. The third-order valence-electron chi connectivity index (χ3n) is 2.33. The first-order valence-electron chi connectivity index (χ1n) is 5.23. The number of benzene rings is 1. The van der Waals surface area contributed by atoms with E-state index in [1.165, 1.54) is 24.5 Å². The molecule has 94 valence electrons. The maximum atomic E-state index is 12.7. The van der Waals surface area contributed by atoms with Crippen molar-refractivity contribution in [3.63, 3.8) is 0 Å². The molecule has 0 bridgehead atoms. The first-order valence-corrected chi connectivity index (χ1v) is 5.23. The summed E-state index contributed by atoms with van der Waals surface area (Å²) in [5.74, 6) is 0.300. The number of halogens is 3. The van der Waals surface area contributed by atoms with Gasteiger partial charge in [0.15, 0.2) is 0 Å². The lowest BCUT2D eigenvalue weighted by molar-refractivity contribution is -0.138. The number of hydrogen-bond donors (Lipinski definition) is 1. The lowest BCUT2D eigenvalue weighted by atomic mass is 10.1. The van der Waals surface area contributed by atoms with Crippen LogP contribution in [-0.2, 0) is 12.7 Å². The molecule has 0 fully saturated rings. The van der Waals surface area contributed by atoms with E-state index in [1.807, 2.05) is 0 Å². The highest BCUT2D eigenvalue weighted by atomic mass is 19.4. The van der Waals surface area contributed by atoms with Gasteiger partial charge in [-0.05, 0) is 17.7 Å². The van der Waals surface area contributed by atoms with Crippen LogP contribution in [0.2, 0.25) is 0 Å². The van der Waals surface area contributed by atoms with Crippen molar-refractivity contribution >= 4 is 5.95 Å². The number of anilines is 1. The van der Waals surface area contributed by atoms with Crippen LogP contribution in [-0.4, -0.2) is 9.97 Å². The molecule has 0 aliphatic carbocycles. The highest BCUT2D eigenvalue weighted by molar-refractivity contribution is 5.33. The van der Waals surface area contributed by atoms with Crippen LogP contribution in [0.3, 0.4) is 0 Å². The summed E-state index contributed by atoms with van der Waals surface area (Å²) in [4.78, 5) is 7.76. The Hall–Kier alpha value is -2.11. The summed E-state index contributed by atoms with van der Waals surface area (Å²) in [5.41, 5.74) is -0.481. The molecule has 0 saturated carbocycles. The molecule has 0 spiro atoms. The lowest BCUT2D eigenvalue weighted by Gasteiger charge is -2.12. The largest absolute Gasteiger partial charge is 0.416 e. The second-order valence-electron chi connectivity index (χ2n) is 3.58. The number of rotatable bonds is 3. The van der Waals surface area contributed by atoms with Crippen LogP contribution in [0, 0.1) is 0 Å². The SMILES string of the molecule is FC(F)(F)c1ccccc1CNc1ncccn1. The lowest BCUT2D eigenvalue weighted by Crippen LogP contribution is -2.12. The Morgan fingerprint density at radius 2 is 1.67 bits per heavy atom. The summed E-state index contributed by atoms with van der Waals surface area (Å²) >= 11 is 0. The summed E-state index contributed by atoms with van der Waals surface area (Å²) in [6, 6.07) is 7.06. The zero-order valence-corrected chi connectivity index (χ0v) is 9.28. The molecule has 0 amide bonds. The summed E-state index contributed by atoms with van der Waals surface area (Å²) in [6.07, 6.45) is -1.31. The summed E-state index contributed by atoms with van der Waals surface area (Å²) in [7, 11) is 0. The summed E-state index contributed by atoms with van der Waals surface area (Å²) in [5, 5.41) is 2.75. The molecule has 18 heavy (non-hydrogen) atoms. The normalized spacial score (nSPS) is 11.3. The second-order valence-corrected chi connectivity index (χ2v) is 3.58. The number of hydrogen-bond acceptors (Lipinski definition) is 3. The predicted molar refractivity (Wildman–Crippen MR) is 60.8 cm³/mol. The molecule has 6 heteroatoms. The molecule has 1 N–H and O–H groups in total. The van der Waals surface area contributed by atoms with E-state index in [0.29, 0.717) is 5.95 Å². The van der Waals surface area contributed by atoms with Gasteiger partial charge in [-0.3, -0.25) is 0 Å². The fourth-order valence-corrected chi connectivity index (χ4v) is 1.52. The van der Waals surface area contributed by atoms with Crippen molar-refractivity contribution in [3.8, 4) is 0 Å². The van der Waals surface area contributed by atoms with Gasteiger partial charge in [0.2, 0.25) is 5.95 Å². The number of aromatic nitrogens is 2. The molecule has 0 aliphatic heterocycles. The van der Waals surface area contributed by atoms with Crippen LogP contribution in [0.1, 0.15) is 11.1 Å². The first-order chi connectivity index (χ1) is 8.57. The quantitative estimate of drug-likeness (QED) is 0.913. The molecule has 3 nitrogen and oxygen atoms in total. The van der Waals surface area contributed by atoms with Gasteiger partial charge >= 0.3 is 6.18 Å². The van der Waals surface area contributed by atoms with Crippen LogP contribution in [0.15, 0.2) is 42.7 Å². The summed E-state index contributed by atoms with van der Waals surface area (Å²) < 4.78 is 38.1. The fourth-order valence-electron chi connectivity index (χ4n) is 1.52. The van der Waals surface area contributed by atoms with E-state index >= 15 is 0 Å². The number of nitrogens with zero attached hydrogens (tertiary/aromatic N) is 2. The Morgan fingerprint density at radius 3 is 2.33 bits per heavy atom. The van der Waals surface area contributed by atoms with Crippen LogP contribution < -0.4 is 5.32 Å². The van der Waals surface area contributed by atoms with Crippen molar-refractivity contribution in [1.29, 1.82) is 0 Å². The topological polar surface area (TPSA) is 37.8 Å². The highest BCUT2D eigenvalue weighted by Crippen LogP contribution is 2.31. The molecular formula is C12H10F3N3. The Balaban J connectivity index is 2.15. The average molecular weight is 253 g/mol. The van der Waals surface area contributed by atoms with Crippen molar-refractivity contribution in [2.45, 2.75) is 12.7 Å². The Kier molecular flexibility index (Phi) is 3.45. The molecule has 2 aromatic rings. The third-order valence-corrected chi connectivity index (χ3v) is 2.33. The van der Waals surface area contributed by atoms with Crippen LogP contribution >= 0.6 is 0 Å². The minimum absolute atomic E-state index is 0.0275. The van der Waals surface area contributed by atoms with Crippen molar-refractivity contribution in [1.82, 2.24) is 9.97 Å². The molecule has 1 aromatic heterocycles. The molecule has 2 rings (SSSR count). The van der Waals surface area contributed by atoms with E-state index in [4.69, 9.17) is 0 Å². The third kappa shape index (κ3) is 2.97. The zero-order valence-electron chi connectivity index (χ0n) is 9.28. The van der Waals surface area contributed by atoms with Crippen molar-refractivity contribution < 1.29 is 13.2 Å². The van der Waals surface area contributed by atoms with Gasteiger partial charge in [-0.15, -0.1) is 0 Å². The molecule has 1 heterocycles. The average Bonchev–Trinajstić information content (AvgIpc) is 2.37. The standard InChI is InChI=1S/C12H10F3N3/c13-12(14,15)10-5-2-1-4-9(10)8-18-11-16-6-3-7-17-11/h1-7H,8H2,(H,16,17,18). The van der Waals surface area contributed by atoms with Crippen LogP contribution in [0.25, 0.3) is 0 Å². The minimum Gasteiger partial charge on any atom is -0.350 e. The smallest absolute Gasteiger partial charge is 0.350 e. The minimum atomic E-state index is -4.35. The van der Waals surface area contributed by atoms with Crippen molar-refractivity contribution in [2.24, 2.45) is 0 Å². The van der Waals surface area contributed by atoms with E-state index < -0.39 is 11.7 Å². The van der Waals surface area contributed by atoms with Gasteiger partial charge in [-0.1, -0.05) is 18.2 Å². The summed E-state index contributed by atoms with van der Waals surface area (Å²) in [6.45, 7) is 0.0275. The van der Waals surface area contributed by atoms with Gasteiger partial charge in [-0.25, -0.2) is 9.97 Å². The van der Waals surface area contributed by atoms with E-state index in [9.17, 15) is 13.2 Å². The molecular weight excluding hydrogens is 243 g/mol. The van der Waals surface area contributed by atoms with Gasteiger partial charge in [0.1, 0.15) is 0 Å². The van der Waals surface area contributed by atoms with Crippen LogP contribution in [0.5, 0.6) is 0 Å². The maximum Gasteiger partial charge on any atom is 0.416 e. The predicted octanol–water partition coefficient (Wildman–Crippen LogP) is 3.11. The zero-order chi connectivity index (χ0) is 13.0. The Labute approximate surface area is 102 Å². The first kappa shape index (κ1) is 12.3. The van der Waals surface area contributed by atoms with E-state index in [-0.39, 0.29) is 12.1 Å². The van der Waals surface area contributed by atoms with Gasteiger partial charge in [-0.2, -0.15) is 13.2 Å². The van der Waals surface area contributed by atoms with Gasteiger partial charge in [0.05, 0.1) is 5.56 Å². The van der Waals surface area contributed by atoms with E-state index in [0.717, 1.165) is 6.07 Å². The molecule has 0 atom stereocenters. The van der Waals surface area contributed by atoms with Gasteiger partial charge < -0.3 is 5.32 Å².